The van der Waals surface area contributed by atoms with Gasteiger partial charge < -0.3 is 4.90 Å². The number of rotatable bonds is 3. The van der Waals surface area contributed by atoms with Crippen LogP contribution < -0.4 is 0 Å². The third-order valence-corrected chi connectivity index (χ3v) is 2.95. The number of nitrogens with zero attached hydrogens (tertiary/aromatic N) is 1. The topological polar surface area (TPSA) is 20.3 Å². The number of benzene rings is 2. The predicted octanol–water partition coefficient (Wildman–Crippen LogP) is 3.45. The van der Waals surface area contributed by atoms with Crippen LogP contribution in [0, 0.1) is 0 Å². The fraction of sp³-hybridized carbons (Fsp3) is 0.211. The molecule has 0 aromatic heterocycles. The van der Waals surface area contributed by atoms with Gasteiger partial charge in [0.05, 0.1) is 5.92 Å². The van der Waals surface area contributed by atoms with E-state index in [1.165, 1.54) is 0 Å². The number of amides is 1. The van der Waals surface area contributed by atoms with Crippen molar-refractivity contribution in [2.75, 3.05) is 14.1 Å². The van der Waals surface area contributed by atoms with E-state index in [4.69, 9.17) is 0 Å². The summed E-state index contributed by atoms with van der Waals surface area (Å²) in [6.07, 6.45) is 1.75. The normalized spacial score (nSPS) is 9.09. The van der Waals surface area contributed by atoms with Gasteiger partial charge in [0.1, 0.15) is 0 Å². The first-order chi connectivity index (χ1) is 10.1. The molecule has 0 unspecified atom stereocenters. The van der Waals surface area contributed by atoms with Crippen LogP contribution in [0.1, 0.15) is 24.0 Å². The number of allylic oxidation sites excluding steroid dienone is 1. The molecule has 0 N–H and O–H groups in total. The molecule has 22 heavy (non-hydrogen) atoms. The minimum absolute atomic E-state index is 0. The van der Waals surface area contributed by atoms with Gasteiger partial charge in [0, 0.05) is 14.1 Å². The van der Waals surface area contributed by atoms with Crippen LogP contribution in [0.15, 0.2) is 73.3 Å². The molecule has 0 saturated heterocycles. The Morgan fingerprint density at radius 3 is 1.55 bits per heavy atom. The maximum absolute atomic E-state index is 12.4. The van der Waals surface area contributed by atoms with Crippen molar-refractivity contribution in [1.82, 2.24) is 4.90 Å². The first kappa shape index (κ1) is 20.7. The second kappa shape index (κ2) is 11.2. The van der Waals surface area contributed by atoms with Crippen molar-refractivity contribution in [3.63, 3.8) is 0 Å². The summed E-state index contributed by atoms with van der Waals surface area (Å²) in [7, 11) is 3.59. The van der Waals surface area contributed by atoms with Gasteiger partial charge in [0.15, 0.2) is 0 Å². The standard InChI is InChI=1S/C16H17NO.C3H6.Na.H/c1-17(2)16(18)15(13-9-5-3-6-10-13)14-11-7-4-8-12-14;1-3-2;;/h3-12,15H,1-2H3;3H,1H2,2H3;;. The molecule has 0 spiro atoms. The van der Waals surface area contributed by atoms with E-state index in [2.05, 4.69) is 6.58 Å². The van der Waals surface area contributed by atoms with E-state index in [9.17, 15) is 4.79 Å². The molecule has 2 nitrogen and oxygen atoms in total. The van der Waals surface area contributed by atoms with Crippen LogP contribution in [-0.4, -0.2) is 54.5 Å². The molecule has 0 heterocycles. The van der Waals surface area contributed by atoms with Gasteiger partial charge in [0.25, 0.3) is 0 Å². The van der Waals surface area contributed by atoms with Crippen molar-refractivity contribution < 1.29 is 4.79 Å². The first-order valence-electron chi connectivity index (χ1n) is 7.00. The molecule has 2 aromatic carbocycles. The zero-order chi connectivity index (χ0) is 15.7. The summed E-state index contributed by atoms with van der Waals surface area (Å²) >= 11 is 0. The van der Waals surface area contributed by atoms with Crippen LogP contribution in [0.5, 0.6) is 0 Å². The molecule has 0 saturated carbocycles. The molecular weight excluding hydrogens is 281 g/mol. The fourth-order valence-electron chi connectivity index (χ4n) is 2.03. The molecule has 0 aliphatic carbocycles. The van der Waals surface area contributed by atoms with Gasteiger partial charge in [-0.05, 0) is 18.1 Å². The van der Waals surface area contributed by atoms with Crippen molar-refractivity contribution in [3.8, 4) is 0 Å². The van der Waals surface area contributed by atoms with E-state index in [0.717, 1.165) is 11.1 Å². The third kappa shape index (κ3) is 6.18. The number of carbonyl (C=O) groups excluding carboxylic acids is 1. The Morgan fingerprint density at radius 1 is 0.955 bits per heavy atom. The zero-order valence-electron chi connectivity index (χ0n) is 13.0. The molecule has 3 heteroatoms. The SMILES string of the molecule is C=CC.CN(C)C(=O)C(c1ccccc1)c1ccccc1.[NaH]. The van der Waals surface area contributed by atoms with Crippen LogP contribution in [0.25, 0.3) is 0 Å². The van der Waals surface area contributed by atoms with E-state index < -0.39 is 0 Å². The van der Waals surface area contributed by atoms with Gasteiger partial charge in [-0.3, -0.25) is 4.79 Å². The first-order valence-corrected chi connectivity index (χ1v) is 7.00. The van der Waals surface area contributed by atoms with E-state index >= 15 is 0 Å². The Bertz CT molecular complexity index is 513. The van der Waals surface area contributed by atoms with Crippen molar-refractivity contribution in [2.45, 2.75) is 12.8 Å². The summed E-state index contributed by atoms with van der Waals surface area (Å²) in [6, 6.07) is 19.8. The average molecular weight is 305 g/mol. The molecule has 0 radical (unpaired) electrons. The van der Waals surface area contributed by atoms with Crippen molar-refractivity contribution in [1.29, 1.82) is 0 Å². The summed E-state index contributed by atoms with van der Waals surface area (Å²) in [4.78, 5) is 14.0. The molecule has 0 atom stereocenters. The van der Waals surface area contributed by atoms with Crippen LogP contribution in [0.3, 0.4) is 0 Å². The summed E-state index contributed by atoms with van der Waals surface area (Å²) in [5.41, 5.74) is 2.06. The van der Waals surface area contributed by atoms with Gasteiger partial charge in [0.2, 0.25) is 5.91 Å². The summed E-state index contributed by atoms with van der Waals surface area (Å²) in [6.45, 7) is 5.25. The second-order valence-corrected chi connectivity index (χ2v) is 4.90. The fourth-order valence-corrected chi connectivity index (χ4v) is 2.03. The van der Waals surface area contributed by atoms with Crippen LogP contribution in [-0.2, 0) is 4.79 Å². The summed E-state index contributed by atoms with van der Waals surface area (Å²) in [5.74, 6) is -0.116. The average Bonchev–Trinajstić information content (AvgIpc) is 2.50. The van der Waals surface area contributed by atoms with Gasteiger partial charge in [-0.1, -0.05) is 66.7 Å². The quantitative estimate of drug-likeness (QED) is 0.628. The van der Waals surface area contributed by atoms with Gasteiger partial charge >= 0.3 is 29.6 Å². The molecular formula is C19H24NNaO. The zero-order valence-corrected chi connectivity index (χ0v) is 13.0. The van der Waals surface area contributed by atoms with Crippen LogP contribution in [0.4, 0.5) is 0 Å². The Kier molecular flexibility index (Phi) is 10.6. The Morgan fingerprint density at radius 2 is 1.27 bits per heavy atom. The number of likely N-dealkylation sites (N-methyl/N-ethyl adjacent to an activating group) is 1. The molecule has 0 aliphatic rings. The summed E-state index contributed by atoms with van der Waals surface area (Å²) in [5, 5.41) is 0. The summed E-state index contributed by atoms with van der Waals surface area (Å²) < 4.78 is 0. The molecule has 112 valence electrons. The maximum atomic E-state index is 12.4. The second-order valence-electron chi connectivity index (χ2n) is 4.90. The Labute approximate surface area is 156 Å². The van der Waals surface area contributed by atoms with E-state index in [1.807, 2.05) is 67.6 Å². The molecule has 0 fully saturated rings. The number of hydrogen-bond acceptors (Lipinski definition) is 1. The number of carbonyl (C=O) groups is 1. The van der Waals surface area contributed by atoms with Crippen molar-refractivity contribution >= 4 is 35.5 Å². The molecule has 2 aromatic rings. The van der Waals surface area contributed by atoms with Gasteiger partial charge in [-0.15, -0.1) is 6.58 Å². The van der Waals surface area contributed by atoms with Crippen molar-refractivity contribution in [2.24, 2.45) is 0 Å². The van der Waals surface area contributed by atoms with Gasteiger partial charge in [-0.25, -0.2) is 0 Å². The van der Waals surface area contributed by atoms with E-state index in [1.54, 1.807) is 25.1 Å². The third-order valence-electron chi connectivity index (χ3n) is 2.95. The molecule has 2 rings (SSSR count). The molecule has 0 aliphatic heterocycles. The Hall–Kier alpha value is -1.35. The van der Waals surface area contributed by atoms with E-state index in [-0.39, 0.29) is 41.4 Å². The molecule has 0 bridgehead atoms. The van der Waals surface area contributed by atoms with Crippen molar-refractivity contribution in [3.05, 3.63) is 84.4 Å². The Balaban J connectivity index is 0.00000102. The monoisotopic (exact) mass is 305 g/mol. The van der Waals surface area contributed by atoms with Crippen LogP contribution in [0.2, 0.25) is 0 Å². The number of hydrogen-bond donors (Lipinski definition) is 0. The minimum atomic E-state index is -0.220. The van der Waals surface area contributed by atoms with Gasteiger partial charge in [-0.2, -0.15) is 0 Å². The van der Waals surface area contributed by atoms with E-state index in [0.29, 0.717) is 0 Å². The van der Waals surface area contributed by atoms with Crippen LogP contribution >= 0.6 is 0 Å². The predicted molar refractivity (Wildman–Crippen MR) is 96.4 cm³/mol. The molecule has 1 amide bonds.